The number of β-amino-alcohol motifs (C(OH)–C–C–N with tert-alkyl or cyclic N) is 1. The van der Waals surface area contributed by atoms with Crippen LogP contribution in [0.4, 0.5) is 9.52 Å². The van der Waals surface area contributed by atoms with Crippen molar-refractivity contribution in [3.05, 3.63) is 59.0 Å². The quantitative estimate of drug-likeness (QED) is 0.115. The molecule has 3 aliphatic heterocycles. The van der Waals surface area contributed by atoms with Crippen molar-refractivity contribution in [2.75, 3.05) is 37.8 Å². The molecule has 4 N–H and O–H groups in total. The van der Waals surface area contributed by atoms with Gasteiger partial charge in [-0.1, -0.05) is 56.4 Å². The van der Waals surface area contributed by atoms with E-state index in [2.05, 4.69) is 25.8 Å². The third-order valence-corrected chi connectivity index (χ3v) is 13.5. The highest BCUT2D eigenvalue weighted by Crippen LogP contribution is 2.41. The number of aliphatic hydroxyl groups is 1. The Morgan fingerprint density at radius 1 is 1.03 bits per heavy atom. The van der Waals surface area contributed by atoms with Crippen LogP contribution in [0.3, 0.4) is 0 Å². The van der Waals surface area contributed by atoms with Gasteiger partial charge >= 0.3 is 0 Å². The molecule has 60 heavy (non-hydrogen) atoms. The molecule has 17 heteroatoms. The van der Waals surface area contributed by atoms with Crippen molar-refractivity contribution in [3.63, 3.8) is 0 Å². The lowest BCUT2D eigenvalue weighted by atomic mass is 9.85. The highest BCUT2D eigenvalue weighted by molar-refractivity contribution is 7.22. The van der Waals surface area contributed by atoms with Crippen LogP contribution in [0.15, 0.2) is 41.9 Å². The lowest BCUT2D eigenvalue weighted by Gasteiger charge is -2.35. The first-order chi connectivity index (χ1) is 28.7. The molecule has 3 saturated heterocycles. The first kappa shape index (κ1) is 43.4. The molecule has 2 unspecified atom stereocenters. The second-order valence-electron chi connectivity index (χ2n) is 17.0. The summed E-state index contributed by atoms with van der Waals surface area (Å²) in [6.07, 6.45) is 2.25. The van der Waals surface area contributed by atoms with Gasteiger partial charge in [0.1, 0.15) is 17.6 Å². The topological polar surface area (TPSA) is 175 Å². The molecule has 0 radical (unpaired) electrons. The Labute approximate surface area is 357 Å². The van der Waals surface area contributed by atoms with Crippen LogP contribution in [0.25, 0.3) is 20.7 Å². The number of hydrogen-bond donors (Lipinski definition) is 4. The van der Waals surface area contributed by atoms with Crippen molar-refractivity contribution < 1.29 is 38.1 Å². The number of ether oxygens (including phenoxy) is 2. The minimum atomic E-state index is -0.953. The molecule has 0 saturated carbocycles. The molecule has 3 fully saturated rings. The lowest BCUT2D eigenvalue weighted by molar-refractivity contribution is -0.144. The zero-order chi connectivity index (χ0) is 42.7. The number of anilines is 1. The van der Waals surface area contributed by atoms with Gasteiger partial charge < -0.3 is 40.3 Å². The van der Waals surface area contributed by atoms with E-state index in [9.17, 15) is 28.7 Å². The number of amides is 4. The third-order valence-electron chi connectivity index (χ3n) is 11.5. The number of nitrogens with one attached hydrogen (secondary N) is 3. The van der Waals surface area contributed by atoms with Gasteiger partial charge in [-0.15, -0.1) is 11.3 Å². The Kier molecular flexibility index (Phi) is 13.4. The number of thiazole rings is 2. The molecular weight excluding hydrogens is 810 g/mol. The van der Waals surface area contributed by atoms with Crippen LogP contribution in [0.1, 0.15) is 83.5 Å². The Morgan fingerprint density at radius 2 is 1.77 bits per heavy atom. The summed E-state index contributed by atoms with van der Waals surface area (Å²) in [6.45, 7) is 10.5. The number of unbranched alkanes of at least 4 members (excludes halogenated alkanes) is 1. The van der Waals surface area contributed by atoms with Crippen LogP contribution in [0.5, 0.6) is 5.75 Å². The highest BCUT2D eigenvalue weighted by atomic mass is 32.1. The van der Waals surface area contributed by atoms with Crippen LogP contribution in [0.2, 0.25) is 0 Å². The van der Waals surface area contributed by atoms with Crippen LogP contribution in [-0.4, -0.2) is 107 Å². The number of fused-ring (bicyclic) bond motifs is 3. The zero-order valence-electron chi connectivity index (χ0n) is 34.7. The normalized spacial score (nSPS) is 21.2. The number of nitrogens with zero attached hydrogens (tertiary/aromatic N) is 4. The summed E-state index contributed by atoms with van der Waals surface area (Å²) in [5.74, 6) is -2.25. The number of benzene rings is 2. The van der Waals surface area contributed by atoms with Gasteiger partial charge in [0.05, 0.1) is 58.2 Å². The van der Waals surface area contributed by atoms with Crippen molar-refractivity contribution in [3.8, 4) is 16.2 Å². The summed E-state index contributed by atoms with van der Waals surface area (Å²) in [5, 5.41) is 20.1. The van der Waals surface area contributed by atoms with Crippen molar-refractivity contribution >= 4 is 61.7 Å². The van der Waals surface area contributed by atoms with E-state index in [4.69, 9.17) is 14.5 Å². The van der Waals surface area contributed by atoms with E-state index < -0.39 is 47.8 Å². The van der Waals surface area contributed by atoms with Gasteiger partial charge in [-0.3, -0.25) is 19.2 Å². The van der Waals surface area contributed by atoms with E-state index in [0.29, 0.717) is 31.6 Å². The number of aliphatic hydroxyl groups excluding tert-OH is 1. The maximum absolute atomic E-state index is 14.9. The third kappa shape index (κ3) is 9.74. The highest BCUT2D eigenvalue weighted by Gasteiger charge is 2.45. The molecule has 0 spiro atoms. The molecule has 4 aromatic rings. The molecule has 2 bridgehead atoms. The van der Waals surface area contributed by atoms with Crippen molar-refractivity contribution in [1.82, 2.24) is 30.8 Å². The molecule has 2 aromatic carbocycles. The number of aromatic nitrogens is 2. The second kappa shape index (κ2) is 18.5. The van der Waals surface area contributed by atoms with Gasteiger partial charge in [0, 0.05) is 25.9 Å². The zero-order valence-corrected chi connectivity index (χ0v) is 36.3. The first-order valence-corrected chi connectivity index (χ1v) is 22.3. The molecule has 3 aliphatic rings. The minimum absolute atomic E-state index is 0.0259. The van der Waals surface area contributed by atoms with Gasteiger partial charge in [-0.25, -0.2) is 14.4 Å². The van der Waals surface area contributed by atoms with E-state index in [0.717, 1.165) is 44.4 Å². The number of aryl methyl sites for hydroxylation is 1. The number of carbonyl (C=O) groups excluding carboxylic acids is 4. The van der Waals surface area contributed by atoms with Crippen LogP contribution < -0.4 is 25.6 Å². The van der Waals surface area contributed by atoms with Crippen LogP contribution >= 0.6 is 22.7 Å². The molecular formula is C43H54FN7O7S2. The van der Waals surface area contributed by atoms with E-state index in [1.54, 1.807) is 17.4 Å². The van der Waals surface area contributed by atoms with Gasteiger partial charge in [0.2, 0.25) is 17.7 Å². The lowest BCUT2D eigenvalue weighted by Crippen LogP contribution is -2.57. The molecule has 5 heterocycles. The molecule has 7 rings (SSSR count). The number of rotatable bonds is 15. The van der Waals surface area contributed by atoms with Crippen molar-refractivity contribution in [2.24, 2.45) is 5.41 Å². The molecule has 0 aliphatic carbocycles. The fraction of sp³-hybridized carbons (Fsp3) is 0.535. The standard InChI is InChI=1S/C43H54FN7O7S2/c1-24(26-9-11-27(12-10-26)38-25(2)46-23-59-38)47-40(55)32-18-30(52)19-50(32)41(56)39(43(3,4)5)48-34(53)8-6-7-17-45-35(54)22-58-37-31(44)15-16-33-36(37)49-42(60-33)51-28-13-14-29(51)21-57-20-28/h9-12,15-16,23-24,28-30,32,39,52H,6-8,13-14,17-22H2,1-5H3,(H,45,54)(H,47,55)(H,48,53)/t24-,28?,29?,30+,32-,39+/m0/s1. The van der Waals surface area contributed by atoms with Gasteiger partial charge in [0.25, 0.3) is 5.91 Å². The number of hydrogen-bond acceptors (Lipinski definition) is 12. The average Bonchev–Trinajstić information content (AvgIpc) is 3.99. The number of halogens is 1. The number of morpholine rings is 1. The molecule has 2 aromatic heterocycles. The molecule has 322 valence electrons. The SMILES string of the molecule is Cc1ncsc1-c1ccc([C@H](C)NC(=O)[C@@H]2C[C@@H](O)CN2C(=O)[C@@H](NC(=O)CCCCNC(=O)COc2c(F)ccc3sc(N4C5CCC4COC5)nc23)C(C)(C)C)cc1. The Hall–Kier alpha value is -4.71. The van der Waals surface area contributed by atoms with E-state index >= 15 is 0 Å². The van der Waals surface area contributed by atoms with Gasteiger partial charge in [0.15, 0.2) is 23.3 Å². The molecule has 6 atom stereocenters. The fourth-order valence-corrected chi connectivity index (χ4v) is 10.1. The van der Waals surface area contributed by atoms with Crippen molar-refractivity contribution in [2.45, 2.75) is 109 Å². The van der Waals surface area contributed by atoms with Crippen molar-refractivity contribution in [1.29, 1.82) is 0 Å². The fourth-order valence-electron chi connectivity index (χ4n) is 8.20. The monoisotopic (exact) mass is 863 g/mol. The van der Waals surface area contributed by atoms with E-state index in [1.165, 1.54) is 22.3 Å². The summed E-state index contributed by atoms with van der Waals surface area (Å²) < 4.78 is 27.1. The Balaban J connectivity index is 0.865. The second-order valence-corrected chi connectivity index (χ2v) is 18.9. The smallest absolute Gasteiger partial charge is 0.257 e. The predicted octanol–water partition coefficient (Wildman–Crippen LogP) is 5.27. The Bertz CT molecular complexity index is 2180. The first-order valence-electron chi connectivity index (χ1n) is 20.6. The summed E-state index contributed by atoms with van der Waals surface area (Å²) in [6, 6.07) is 9.19. The molecule has 14 nitrogen and oxygen atoms in total. The maximum Gasteiger partial charge on any atom is 0.257 e. The molecule has 4 amide bonds. The summed E-state index contributed by atoms with van der Waals surface area (Å²) >= 11 is 3.04. The van der Waals surface area contributed by atoms with E-state index in [1.807, 2.05) is 64.4 Å². The summed E-state index contributed by atoms with van der Waals surface area (Å²) in [4.78, 5) is 67.3. The average molecular weight is 864 g/mol. The summed E-state index contributed by atoms with van der Waals surface area (Å²) in [7, 11) is 0. The van der Waals surface area contributed by atoms with E-state index in [-0.39, 0.29) is 61.6 Å². The van der Waals surface area contributed by atoms with Crippen LogP contribution in [-0.2, 0) is 23.9 Å². The van der Waals surface area contributed by atoms with Gasteiger partial charge in [-0.05, 0) is 68.2 Å². The Morgan fingerprint density at radius 3 is 2.45 bits per heavy atom. The number of carbonyl (C=O) groups is 4. The maximum atomic E-state index is 14.9. The predicted molar refractivity (Wildman–Crippen MR) is 228 cm³/mol. The largest absolute Gasteiger partial charge is 0.478 e. The van der Waals surface area contributed by atoms with Crippen LogP contribution in [0, 0.1) is 18.2 Å². The minimum Gasteiger partial charge on any atom is -0.478 e. The summed E-state index contributed by atoms with van der Waals surface area (Å²) in [5.41, 5.74) is 4.39. The number of likely N-dealkylation sites (tertiary alicyclic amines) is 1. The van der Waals surface area contributed by atoms with Gasteiger partial charge in [-0.2, -0.15) is 0 Å².